The fraction of sp³-hybridized carbons (Fsp3) is 0.333. The topological polar surface area (TPSA) is 26.3 Å². The van der Waals surface area contributed by atoms with Crippen LogP contribution in [-0.2, 0) is 4.57 Å². The Hall–Kier alpha value is -0.170. The van der Waals surface area contributed by atoms with Crippen LogP contribution in [0.15, 0.2) is 24.3 Å². The highest BCUT2D eigenvalue weighted by Gasteiger charge is 2.15. The summed E-state index contributed by atoms with van der Waals surface area (Å²) in [6, 6.07) is 7.19. The van der Waals surface area contributed by atoms with E-state index in [0.29, 0.717) is 11.7 Å². The van der Waals surface area contributed by atoms with Crippen LogP contribution in [0, 0.1) is 0 Å². The van der Waals surface area contributed by atoms with Gasteiger partial charge in [-0.3, -0.25) is 0 Å². The summed E-state index contributed by atoms with van der Waals surface area (Å²) in [5.41, 5.74) is 1.18. The molecular weight excluding hydrogens is 242 g/mol. The van der Waals surface area contributed by atoms with Gasteiger partial charge in [-0.1, -0.05) is 26.0 Å². The Morgan fingerprint density at radius 3 is 2.07 bits per heavy atom. The van der Waals surface area contributed by atoms with Crippen LogP contribution in [0.3, 0.4) is 0 Å². The van der Waals surface area contributed by atoms with Crippen LogP contribution >= 0.6 is 28.6 Å². The van der Waals surface area contributed by atoms with Crippen molar-refractivity contribution < 1.29 is 9.09 Å². The van der Waals surface area contributed by atoms with Crippen LogP contribution in [0.4, 0.5) is 0 Å². The van der Waals surface area contributed by atoms with Crippen molar-refractivity contribution in [2.24, 2.45) is 0 Å². The Bertz CT molecular complexity index is 342. The Morgan fingerprint density at radius 1 is 1.21 bits per heavy atom. The molecule has 0 saturated carbocycles. The van der Waals surface area contributed by atoms with Crippen LogP contribution in [0.1, 0.15) is 25.3 Å². The average Bonchev–Trinajstić information content (AvgIpc) is 2.02. The van der Waals surface area contributed by atoms with Crippen LogP contribution < -0.4 is 4.52 Å². The van der Waals surface area contributed by atoms with Gasteiger partial charge in [-0.25, -0.2) is 4.57 Å². The molecule has 0 aromatic heterocycles. The zero-order valence-corrected chi connectivity index (χ0v) is 10.3. The standard InChI is InChI=1S/C9H11Cl2O2P/c1-7(2)8-3-5-9(6-4-8)13-14(10,11)12/h3-7H,1-2H3. The molecule has 0 radical (unpaired) electrons. The highest BCUT2D eigenvalue weighted by atomic mass is 35.9. The minimum atomic E-state index is -3.48. The third-order valence-corrected chi connectivity index (χ3v) is 2.60. The zero-order chi connectivity index (χ0) is 10.8. The zero-order valence-electron chi connectivity index (χ0n) is 7.91. The quantitative estimate of drug-likeness (QED) is 0.725. The molecule has 0 aliphatic carbocycles. The Labute approximate surface area is 93.2 Å². The lowest BCUT2D eigenvalue weighted by molar-refractivity contribution is 0.513. The molecule has 1 aromatic rings. The maximum atomic E-state index is 10.9. The molecule has 0 unspecified atom stereocenters. The Balaban J connectivity index is 2.79. The predicted molar refractivity (Wildman–Crippen MR) is 60.5 cm³/mol. The summed E-state index contributed by atoms with van der Waals surface area (Å²) in [5, 5.41) is 0. The summed E-state index contributed by atoms with van der Waals surface area (Å²) in [6.45, 7) is 4.17. The van der Waals surface area contributed by atoms with Crippen molar-refractivity contribution >= 4 is 28.6 Å². The number of benzene rings is 1. The maximum Gasteiger partial charge on any atom is 0.428 e. The highest BCUT2D eigenvalue weighted by molar-refractivity contribution is 8.05. The van der Waals surface area contributed by atoms with Gasteiger partial charge in [0.25, 0.3) is 0 Å². The van der Waals surface area contributed by atoms with E-state index in [1.54, 1.807) is 12.1 Å². The first-order valence-corrected chi connectivity index (χ1v) is 7.61. The smallest absolute Gasteiger partial charge is 0.422 e. The number of rotatable bonds is 3. The molecule has 0 aliphatic heterocycles. The molecule has 0 atom stereocenters. The van der Waals surface area contributed by atoms with Gasteiger partial charge in [-0.05, 0) is 23.6 Å². The first kappa shape index (κ1) is 11.9. The monoisotopic (exact) mass is 252 g/mol. The van der Waals surface area contributed by atoms with Crippen LogP contribution in [0.25, 0.3) is 0 Å². The second kappa shape index (κ2) is 4.57. The molecule has 5 heteroatoms. The van der Waals surface area contributed by atoms with Crippen molar-refractivity contribution in [3.8, 4) is 5.75 Å². The molecule has 0 saturated heterocycles. The van der Waals surface area contributed by atoms with Gasteiger partial charge < -0.3 is 4.52 Å². The molecule has 0 spiro atoms. The SMILES string of the molecule is CC(C)c1ccc(OP(=O)(Cl)Cl)cc1. The van der Waals surface area contributed by atoms with E-state index in [1.807, 2.05) is 12.1 Å². The van der Waals surface area contributed by atoms with Gasteiger partial charge in [0, 0.05) is 22.5 Å². The fourth-order valence-electron chi connectivity index (χ4n) is 1.04. The second-order valence-electron chi connectivity index (χ2n) is 3.23. The van der Waals surface area contributed by atoms with Gasteiger partial charge in [0.2, 0.25) is 0 Å². The molecule has 0 heterocycles. The molecular formula is C9H11Cl2O2P. The van der Waals surface area contributed by atoms with E-state index in [1.165, 1.54) is 5.56 Å². The summed E-state index contributed by atoms with van der Waals surface area (Å²) in [7, 11) is 0. The van der Waals surface area contributed by atoms with Crippen molar-refractivity contribution in [1.29, 1.82) is 0 Å². The summed E-state index contributed by atoms with van der Waals surface area (Å²) in [6.07, 6.45) is -3.48. The summed E-state index contributed by atoms with van der Waals surface area (Å²) in [5.74, 6) is 0.866. The molecule has 1 rings (SSSR count). The molecule has 14 heavy (non-hydrogen) atoms. The van der Waals surface area contributed by atoms with Gasteiger partial charge in [-0.15, -0.1) is 0 Å². The Kier molecular flexibility index (Phi) is 3.88. The Morgan fingerprint density at radius 2 is 1.71 bits per heavy atom. The van der Waals surface area contributed by atoms with Gasteiger partial charge >= 0.3 is 6.07 Å². The van der Waals surface area contributed by atoms with Crippen molar-refractivity contribution in [3.63, 3.8) is 0 Å². The van der Waals surface area contributed by atoms with E-state index in [4.69, 9.17) is 27.0 Å². The molecule has 1 aromatic carbocycles. The third kappa shape index (κ3) is 3.91. The summed E-state index contributed by atoms with van der Waals surface area (Å²) in [4.78, 5) is 0. The van der Waals surface area contributed by atoms with Crippen molar-refractivity contribution in [3.05, 3.63) is 29.8 Å². The first-order valence-electron chi connectivity index (χ1n) is 4.17. The average molecular weight is 253 g/mol. The number of hydrogen-bond donors (Lipinski definition) is 0. The molecule has 0 fully saturated rings. The van der Waals surface area contributed by atoms with Gasteiger partial charge in [0.05, 0.1) is 0 Å². The van der Waals surface area contributed by atoms with E-state index >= 15 is 0 Å². The minimum absolute atomic E-state index is 0.419. The van der Waals surface area contributed by atoms with E-state index < -0.39 is 6.07 Å². The number of hydrogen-bond acceptors (Lipinski definition) is 2. The number of halogens is 2. The second-order valence-corrected chi connectivity index (χ2v) is 7.43. The van der Waals surface area contributed by atoms with Crippen molar-refractivity contribution in [1.82, 2.24) is 0 Å². The lowest BCUT2D eigenvalue weighted by atomic mass is 10.0. The summed E-state index contributed by atoms with van der Waals surface area (Å²) >= 11 is 10.5. The fourth-order valence-corrected chi connectivity index (χ4v) is 1.88. The van der Waals surface area contributed by atoms with Gasteiger partial charge in [-0.2, -0.15) is 0 Å². The normalized spacial score (nSPS) is 11.8. The van der Waals surface area contributed by atoms with Crippen LogP contribution in [0.2, 0.25) is 0 Å². The van der Waals surface area contributed by atoms with E-state index in [0.717, 1.165) is 0 Å². The molecule has 0 N–H and O–H groups in total. The highest BCUT2D eigenvalue weighted by Crippen LogP contribution is 2.57. The summed E-state index contributed by atoms with van der Waals surface area (Å²) < 4.78 is 15.7. The van der Waals surface area contributed by atoms with Gasteiger partial charge in [0.15, 0.2) is 0 Å². The van der Waals surface area contributed by atoms with Gasteiger partial charge in [0.1, 0.15) is 5.75 Å². The first-order chi connectivity index (χ1) is 6.38. The molecule has 0 aliphatic rings. The van der Waals surface area contributed by atoms with E-state index in [-0.39, 0.29) is 0 Å². The van der Waals surface area contributed by atoms with Crippen molar-refractivity contribution in [2.45, 2.75) is 19.8 Å². The lowest BCUT2D eigenvalue weighted by Gasteiger charge is -2.08. The van der Waals surface area contributed by atoms with Crippen LogP contribution in [0.5, 0.6) is 5.75 Å². The molecule has 78 valence electrons. The molecule has 0 amide bonds. The molecule has 0 bridgehead atoms. The van der Waals surface area contributed by atoms with Crippen molar-refractivity contribution in [2.75, 3.05) is 0 Å². The maximum absolute atomic E-state index is 10.9. The predicted octanol–water partition coefficient (Wildman–Crippen LogP) is 4.77. The van der Waals surface area contributed by atoms with E-state index in [2.05, 4.69) is 13.8 Å². The molecule has 2 nitrogen and oxygen atoms in total. The minimum Gasteiger partial charge on any atom is -0.422 e. The van der Waals surface area contributed by atoms with E-state index in [9.17, 15) is 4.57 Å². The lowest BCUT2D eigenvalue weighted by Crippen LogP contribution is -1.87. The third-order valence-electron chi connectivity index (χ3n) is 1.76. The van der Waals surface area contributed by atoms with Crippen LogP contribution in [-0.4, -0.2) is 0 Å². The largest absolute Gasteiger partial charge is 0.428 e.